The maximum absolute atomic E-state index is 9.32. The second-order valence-corrected chi connectivity index (χ2v) is 2.83. The van der Waals surface area contributed by atoms with E-state index in [-0.39, 0.29) is 99.6 Å². The van der Waals surface area contributed by atoms with Crippen LogP contribution in [-0.4, -0.2) is 10.2 Å². The molecular formula is C9H12Ac2O2. The van der Waals surface area contributed by atoms with Crippen LogP contribution in [0, 0.1) is 109 Å². The number of hydrogen-bond donors (Lipinski definition) is 2. The molecule has 0 aliphatic rings. The van der Waals surface area contributed by atoms with Crippen LogP contribution in [0.1, 0.15) is 16.7 Å². The van der Waals surface area contributed by atoms with Gasteiger partial charge in [0.2, 0.25) is 0 Å². The van der Waals surface area contributed by atoms with Gasteiger partial charge in [-0.2, -0.15) is 0 Å². The van der Waals surface area contributed by atoms with Crippen LogP contribution in [0.2, 0.25) is 0 Å². The number of aryl methyl sites for hydroxylation is 2. The SMILES string of the molecule is Cc1cc(C)c(O)c(O)c1C.[Ac].[Ac]. The van der Waals surface area contributed by atoms with E-state index in [0.717, 1.165) is 11.1 Å². The van der Waals surface area contributed by atoms with Crippen LogP contribution in [-0.2, 0) is 0 Å². The smallest absolute Gasteiger partial charge is 0.160 e. The predicted octanol–water partition coefficient (Wildman–Crippen LogP) is 2.02. The van der Waals surface area contributed by atoms with Crippen molar-refractivity contribution in [2.24, 2.45) is 0 Å². The van der Waals surface area contributed by atoms with E-state index < -0.39 is 0 Å². The molecule has 0 saturated heterocycles. The first-order chi connectivity index (χ1) is 5.04. The minimum atomic E-state index is -0.00639. The Bertz CT molecular complexity index is 272. The molecular weight excluding hydrogens is 594 g/mol. The van der Waals surface area contributed by atoms with E-state index in [1.54, 1.807) is 13.8 Å². The zero-order valence-electron chi connectivity index (χ0n) is 8.13. The number of hydrogen-bond acceptors (Lipinski definition) is 2. The Balaban J connectivity index is 0. The van der Waals surface area contributed by atoms with Crippen LogP contribution < -0.4 is 0 Å². The van der Waals surface area contributed by atoms with Gasteiger partial charge in [0.15, 0.2) is 11.5 Å². The van der Waals surface area contributed by atoms with E-state index in [1.807, 2.05) is 13.0 Å². The van der Waals surface area contributed by atoms with Crippen molar-refractivity contribution in [3.63, 3.8) is 0 Å². The van der Waals surface area contributed by atoms with Crippen LogP contribution in [0.3, 0.4) is 0 Å². The summed E-state index contributed by atoms with van der Waals surface area (Å²) in [4.78, 5) is 0. The van der Waals surface area contributed by atoms with Gasteiger partial charge in [-0.25, -0.2) is 0 Å². The first-order valence-corrected chi connectivity index (χ1v) is 3.52. The minimum Gasteiger partial charge on any atom is -0.504 e. The van der Waals surface area contributed by atoms with Gasteiger partial charge >= 0.3 is 0 Å². The molecule has 0 atom stereocenters. The third-order valence-corrected chi connectivity index (χ3v) is 1.98. The van der Waals surface area contributed by atoms with Crippen molar-refractivity contribution in [2.75, 3.05) is 0 Å². The van der Waals surface area contributed by atoms with Crippen molar-refractivity contribution < 1.29 is 98.3 Å². The zero-order valence-corrected chi connectivity index (χ0v) is 17.6. The van der Waals surface area contributed by atoms with E-state index in [4.69, 9.17) is 0 Å². The van der Waals surface area contributed by atoms with Gasteiger partial charge in [-0.1, -0.05) is 6.07 Å². The van der Waals surface area contributed by atoms with E-state index in [2.05, 4.69) is 0 Å². The van der Waals surface area contributed by atoms with Gasteiger partial charge in [-0.05, 0) is 37.5 Å². The average molecular weight is 606 g/mol. The van der Waals surface area contributed by atoms with Gasteiger partial charge in [0.05, 0.1) is 0 Å². The normalized spacial score (nSPS) is 8.54. The number of benzene rings is 1. The molecule has 0 aliphatic heterocycles. The fourth-order valence-corrected chi connectivity index (χ4v) is 1.05. The van der Waals surface area contributed by atoms with Crippen molar-refractivity contribution >= 4 is 0 Å². The van der Waals surface area contributed by atoms with Gasteiger partial charge < -0.3 is 10.2 Å². The molecule has 2 N–H and O–H groups in total. The third kappa shape index (κ3) is 3.98. The molecule has 0 bridgehead atoms. The molecule has 1 aromatic carbocycles. The van der Waals surface area contributed by atoms with Gasteiger partial charge in [-0.15, -0.1) is 0 Å². The van der Waals surface area contributed by atoms with Crippen molar-refractivity contribution in [2.45, 2.75) is 20.8 Å². The largest absolute Gasteiger partial charge is 0.504 e. The van der Waals surface area contributed by atoms with E-state index in [0.29, 0.717) is 5.56 Å². The third-order valence-electron chi connectivity index (χ3n) is 1.98. The van der Waals surface area contributed by atoms with Crippen LogP contribution in [0.25, 0.3) is 0 Å². The monoisotopic (exact) mass is 606 g/mol. The van der Waals surface area contributed by atoms with Gasteiger partial charge in [0.25, 0.3) is 0 Å². The van der Waals surface area contributed by atoms with Crippen molar-refractivity contribution in [1.29, 1.82) is 0 Å². The summed E-state index contributed by atoms with van der Waals surface area (Å²) in [6.07, 6.45) is 0. The van der Waals surface area contributed by atoms with Crippen molar-refractivity contribution in [3.05, 3.63) is 22.8 Å². The van der Waals surface area contributed by atoms with E-state index >= 15 is 0 Å². The molecule has 0 spiro atoms. The Labute approximate surface area is 150 Å². The predicted molar refractivity (Wildman–Crippen MR) is 44.0 cm³/mol. The Morgan fingerprint density at radius 3 is 1.77 bits per heavy atom. The quantitative estimate of drug-likeness (QED) is 0.445. The molecule has 0 unspecified atom stereocenters. The number of phenolic OH excluding ortho intramolecular Hbond substituents is 2. The molecule has 0 fully saturated rings. The van der Waals surface area contributed by atoms with E-state index in [9.17, 15) is 10.2 Å². The summed E-state index contributed by atoms with van der Waals surface area (Å²) in [6.45, 7) is 5.45. The molecule has 1 rings (SSSR count). The summed E-state index contributed by atoms with van der Waals surface area (Å²) in [6, 6.07) is 1.85. The molecule has 66 valence electrons. The van der Waals surface area contributed by atoms with Crippen molar-refractivity contribution in [1.82, 2.24) is 0 Å². The molecule has 2 nitrogen and oxygen atoms in total. The molecule has 2 radical (unpaired) electrons. The molecule has 1 aromatic rings. The summed E-state index contributed by atoms with van der Waals surface area (Å²) in [5.41, 5.74) is 2.46. The number of phenols is 2. The standard InChI is InChI=1S/C9H12O2.2Ac/c1-5-4-6(2)8(10)9(11)7(5)3;;/h4,10-11H,1-3H3;;. The second-order valence-electron chi connectivity index (χ2n) is 2.83. The second kappa shape index (κ2) is 7.06. The molecule has 13 heavy (non-hydrogen) atoms. The first-order valence-electron chi connectivity index (χ1n) is 3.52. The number of rotatable bonds is 0. The molecule has 0 aromatic heterocycles. The Morgan fingerprint density at radius 2 is 1.31 bits per heavy atom. The number of aromatic hydroxyl groups is 2. The fourth-order valence-electron chi connectivity index (χ4n) is 1.05. The van der Waals surface area contributed by atoms with E-state index in [1.165, 1.54) is 0 Å². The van der Waals surface area contributed by atoms with Crippen LogP contribution in [0.15, 0.2) is 6.07 Å². The van der Waals surface area contributed by atoms with Crippen LogP contribution >= 0.6 is 0 Å². The molecule has 0 aliphatic carbocycles. The molecule has 0 amide bonds. The topological polar surface area (TPSA) is 40.5 Å². The summed E-state index contributed by atoms with van der Waals surface area (Å²) in [5, 5.41) is 18.6. The maximum atomic E-state index is 9.32. The zero-order chi connectivity index (χ0) is 8.59. The fraction of sp³-hybridized carbons (Fsp3) is 0.333. The Morgan fingerprint density at radius 1 is 0.846 bits per heavy atom. The van der Waals surface area contributed by atoms with Crippen LogP contribution in [0.4, 0.5) is 0 Å². The van der Waals surface area contributed by atoms with Crippen LogP contribution in [0.5, 0.6) is 11.5 Å². The van der Waals surface area contributed by atoms with Crippen molar-refractivity contribution in [3.8, 4) is 11.5 Å². The summed E-state index contributed by atoms with van der Waals surface area (Å²) >= 11 is 0. The maximum Gasteiger partial charge on any atom is 0.160 e. The molecule has 0 heterocycles. The minimum absolute atomic E-state index is 0. The summed E-state index contributed by atoms with van der Waals surface area (Å²) in [7, 11) is 0. The van der Waals surface area contributed by atoms with Gasteiger partial charge in [-0.3, -0.25) is 0 Å². The Kier molecular flexibility index (Phi) is 9.29. The summed E-state index contributed by atoms with van der Waals surface area (Å²) in [5.74, 6) is -0.00407. The average Bonchev–Trinajstić information content (AvgIpc) is 1.97. The molecule has 0 saturated carbocycles. The van der Waals surface area contributed by atoms with Gasteiger partial charge in [0.1, 0.15) is 0 Å². The van der Waals surface area contributed by atoms with Gasteiger partial charge in [0, 0.05) is 88.1 Å². The molecule has 4 heteroatoms. The first kappa shape index (κ1) is 17.1. The summed E-state index contributed by atoms with van der Waals surface area (Å²) < 4.78 is 0. The Hall–Kier alpha value is 1.70.